The predicted molar refractivity (Wildman–Crippen MR) is 45.4 cm³/mol. The standard InChI is InChI=1S/C9H6F13/c1-2-5(13,14)8(19,20)9(21,22)7(17,18)3(10)6(15,16)4(11)12/h3H,2H2,1H3. The molecule has 22 heavy (non-hydrogen) atoms. The molecule has 0 heterocycles. The first-order valence-corrected chi connectivity index (χ1v) is 5.12. The number of hydrogen-bond donors (Lipinski definition) is 0. The van der Waals surface area contributed by atoms with Crippen molar-refractivity contribution in [2.24, 2.45) is 0 Å². The van der Waals surface area contributed by atoms with Gasteiger partial charge in [0.25, 0.3) is 0 Å². The monoisotopic (exact) mass is 361 g/mol. The van der Waals surface area contributed by atoms with E-state index in [1.54, 1.807) is 0 Å². The molecule has 0 aliphatic heterocycles. The van der Waals surface area contributed by atoms with E-state index in [9.17, 15) is 57.1 Å². The van der Waals surface area contributed by atoms with Crippen LogP contribution in [0.3, 0.4) is 0 Å². The van der Waals surface area contributed by atoms with Crippen molar-refractivity contribution in [1.29, 1.82) is 0 Å². The van der Waals surface area contributed by atoms with Gasteiger partial charge in [-0.3, -0.25) is 0 Å². The third-order valence-corrected chi connectivity index (χ3v) is 2.60. The molecule has 0 saturated carbocycles. The summed E-state index contributed by atoms with van der Waals surface area (Å²) in [6.45, 7) is 0.165. The third kappa shape index (κ3) is 2.82. The lowest BCUT2D eigenvalue weighted by Gasteiger charge is -2.38. The minimum absolute atomic E-state index is 0.165. The van der Waals surface area contributed by atoms with Crippen LogP contribution in [-0.4, -0.2) is 35.8 Å². The molecule has 0 aromatic heterocycles. The molecule has 1 unspecified atom stereocenters. The maximum Gasteiger partial charge on any atom is 0.381 e. The van der Waals surface area contributed by atoms with Crippen molar-refractivity contribution in [2.45, 2.75) is 49.1 Å². The lowest BCUT2D eigenvalue weighted by Crippen LogP contribution is -2.67. The average Bonchev–Trinajstić information content (AvgIpc) is 2.36. The molecule has 1 radical (unpaired) electrons. The van der Waals surface area contributed by atoms with Crippen molar-refractivity contribution in [1.82, 2.24) is 0 Å². The Hall–Kier alpha value is -0.910. The Bertz CT molecular complexity index is 385. The van der Waals surface area contributed by atoms with Gasteiger partial charge in [-0.25, -0.2) is 4.39 Å². The third-order valence-electron chi connectivity index (χ3n) is 2.60. The van der Waals surface area contributed by atoms with Gasteiger partial charge in [-0.1, -0.05) is 6.92 Å². The highest BCUT2D eigenvalue weighted by molar-refractivity contribution is 5.10. The quantitative estimate of drug-likeness (QED) is 0.537. The first kappa shape index (κ1) is 21.1. The van der Waals surface area contributed by atoms with E-state index in [1.165, 1.54) is 0 Å². The van der Waals surface area contributed by atoms with Crippen molar-refractivity contribution >= 4 is 0 Å². The molecule has 0 nitrogen and oxygen atoms in total. The summed E-state index contributed by atoms with van der Waals surface area (Å²) in [5.74, 6) is -34.0. The van der Waals surface area contributed by atoms with Gasteiger partial charge in [0, 0.05) is 6.42 Å². The Kier molecular flexibility index (Phi) is 5.39. The lowest BCUT2D eigenvalue weighted by molar-refractivity contribution is -0.386. The summed E-state index contributed by atoms with van der Waals surface area (Å²) in [7, 11) is 0. The normalized spacial score (nSPS) is 17.0. The Morgan fingerprint density at radius 3 is 1.41 bits per heavy atom. The topological polar surface area (TPSA) is 0 Å². The smallest absolute Gasteiger partial charge is 0.234 e. The van der Waals surface area contributed by atoms with Crippen LogP contribution >= 0.6 is 0 Å². The minimum atomic E-state index is -7.38. The van der Waals surface area contributed by atoms with Crippen LogP contribution in [0.2, 0.25) is 0 Å². The molecule has 0 N–H and O–H groups in total. The summed E-state index contributed by atoms with van der Waals surface area (Å²) in [6.07, 6.45) is -12.4. The van der Waals surface area contributed by atoms with Gasteiger partial charge in [0.15, 0.2) is 0 Å². The Morgan fingerprint density at radius 2 is 1.14 bits per heavy atom. The van der Waals surface area contributed by atoms with Gasteiger partial charge in [-0.05, 0) is 0 Å². The van der Waals surface area contributed by atoms with Crippen molar-refractivity contribution in [3.63, 3.8) is 0 Å². The zero-order valence-corrected chi connectivity index (χ0v) is 10.2. The number of halogens is 13. The van der Waals surface area contributed by atoms with Crippen LogP contribution in [0.25, 0.3) is 0 Å². The molecule has 1 atom stereocenters. The molecule has 0 saturated heterocycles. The van der Waals surface area contributed by atoms with E-state index in [4.69, 9.17) is 0 Å². The molecule has 13 heteroatoms. The van der Waals surface area contributed by atoms with Crippen molar-refractivity contribution in [3.05, 3.63) is 6.43 Å². The Balaban J connectivity index is 5.97. The predicted octanol–water partition coefficient (Wildman–Crippen LogP) is 5.34. The molecule has 0 aliphatic rings. The zero-order chi connectivity index (χ0) is 18.4. The molecular weight excluding hydrogens is 355 g/mol. The summed E-state index contributed by atoms with van der Waals surface area (Å²) < 4.78 is 163. The average molecular weight is 361 g/mol. The fourth-order valence-corrected chi connectivity index (χ4v) is 1.14. The fraction of sp³-hybridized carbons (Fsp3) is 0.889. The van der Waals surface area contributed by atoms with Gasteiger partial charge < -0.3 is 0 Å². The van der Waals surface area contributed by atoms with Crippen molar-refractivity contribution in [3.8, 4) is 0 Å². The van der Waals surface area contributed by atoms with Crippen LogP contribution in [0.5, 0.6) is 0 Å². The molecule has 133 valence electrons. The van der Waals surface area contributed by atoms with E-state index < -0.39 is 48.6 Å². The maximum absolute atomic E-state index is 12.9. The lowest BCUT2D eigenvalue weighted by atomic mass is 9.92. The van der Waals surface area contributed by atoms with Gasteiger partial charge in [-0.15, -0.1) is 0 Å². The molecule has 0 spiro atoms. The molecule has 0 amide bonds. The van der Waals surface area contributed by atoms with Crippen molar-refractivity contribution < 1.29 is 57.1 Å². The maximum atomic E-state index is 12.9. The molecule has 0 rings (SSSR count). The SMILES string of the molecule is CCC(F)(F)C(F)(F)C(F)(F)C(F)(F)C(F)C(F)(F)[C](F)F. The van der Waals surface area contributed by atoms with E-state index in [-0.39, 0.29) is 6.92 Å². The summed E-state index contributed by atoms with van der Waals surface area (Å²) in [6, 6.07) is 0. The minimum Gasteiger partial charge on any atom is -0.234 e. The Labute approximate surface area is 114 Å². The second-order valence-electron chi connectivity index (χ2n) is 4.08. The fourth-order valence-electron chi connectivity index (χ4n) is 1.14. The van der Waals surface area contributed by atoms with Crippen LogP contribution in [-0.2, 0) is 0 Å². The summed E-state index contributed by atoms with van der Waals surface area (Å²) in [4.78, 5) is 0. The van der Waals surface area contributed by atoms with Gasteiger partial charge in [0.05, 0.1) is 0 Å². The highest BCUT2D eigenvalue weighted by Crippen LogP contribution is 2.57. The van der Waals surface area contributed by atoms with Gasteiger partial charge in [0.2, 0.25) is 6.17 Å². The van der Waals surface area contributed by atoms with E-state index in [0.29, 0.717) is 0 Å². The van der Waals surface area contributed by atoms with Crippen LogP contribution < -0.4 is 0 Å². The van der Waals surface area contributed by atoms with E-state index >= 15 is 0 Å². The highest BCUT2D eigenvalue weighted by Gasteiger charge is 2.84. The summed E-state index contributed by atoms with van der Waals surface area (Å²) >= 11 is 0. The van der Waals surface area contributed by atoms with Gasteiger partial charge in [-0.2, -0.15) is 52.7 Å². The first-order chi connectivity index (χ1) is 9.41. The van der Waals surface area contributed by atoms with E-state index in [1.807, 2.05) is 0 Å². The second kappa shape index (κ2) is 5.62. The number of alkyl halides is 11. The molecule has 0 fully saturated rings. The van der Waals surface area contributed by atoms with Crippen LogP contribution in [0.1, 0.15) is 13.3 Å². The highest BCUT2D eigenvalue weighted by atomic mass is 19.4. The van der Waals surface area contributed by atoms with Gasteiger partial charge in [0.1, 0.15) is 0 Å². The van der Waals surface area contributed by atoms with E-state index in [0.717, 1.165) is 0 Å². The van der Waals surface area contributed by atoms with Gasteiger partial charge >= 0.3 is 36.0 Å². The van der Waals surface area contributed by atoms with Crippen LogP contribution in [0, 0.1) is 6.43 Å². The number of rotatable bonds is 7. The zero-order valence-electron chi connectivity index (χ0n) is 10.2. The molecule has 0 aromatic rings. The van der Waals surface area contributed by atoms with Crippen LogP contribution in [0.4, 0.5) is 57.1 Å². The largest absolute Gasteiger partial charge is 0.381 e. The first-order valence-electron chi connectivity index (χ1n) is 5.12. The van der Waals surface area contributed by atoms with Crippen molar-refractivity contribution in [2.75, 3.05) is 0 Å². The molecule has 0 bridgehead atoms. The van der Waals surface area contributed by atoms with E-state index in [2.05, 4.69) is 0 Å². The van der Waals surface area contributed by atoms with Crippen LogP contribution in [0.15, 0.2) is 0 Å². The number of hydrogen-bond acceptors (Lipinski definition) is 0. The molecule has 0 aliphatic carbocycles. The molecular formula is C9H6F13. The molecule has 0 aromatic carbocycles. The Morgan fingerprint density at radius 1 is 0.773 bits per heavy atom. The summed E-state index contributed by atoms with van der Waals surface area (Å²) in [5.41, 5.74) is 0. The second-order valence-corrected chi connectivity index (χ2v) is 4.08. The summed E-state index contributed by atoms with van der Waals surface area (Å²) in [5, 5.41) is 0.